The van der Waals surface area contributed by atoms with E-state index >= 15 is 0 Å². The molecule has 0 fully saturated rings. The van der Waals surface area contributed by atoms with Crippen molar-refractivity contribution >= 4 is 79.5 Å². The Balaban J connectivity index is 0.000000573. The molecular formula is C76H126CaO6S2. The first-order valence-corrected chi connectivity index (χ1v) is 38.8. The Morgan fingerprint density at radius 3 is 0.659 bits per heavy atom. The van der Waals surface area contributed by atoms with Crippen LogP contribution in [0, 0.1) is 0 Å². The fourth-order valence-corrected chi connectivity index (χ4v) is 14.1. The van der Waals surface area contributed by atoms with Crippen LogP contribution in [-0.2, 0) is 45.9 Å². The van der Waals surface area contributed by atoms with Crippen molar-refractivity contribution < 1.29 is 25.9 Å². The van der Waals surface area contributed by atoms with E-state index in [1.807, 2.05) is 36.4 Å². The van der Waals surface area contributed by atoms with E-state index < -0.39 is 20.2 Å². The second-order valence-corrected chi connectivity index (χ2v) is 28.4. The van der Waals surface area contributed by atoms with E-state index in [0.29, 0.717) is 10.8 Å². The molecule has 0 aliphatic carbocycles. The molecule has 6 nitrogen and oxygen atoms in total. The number of unbranched alkanes of at least 4 members (excludes halogenated alkanes) is 44. The van der Waals surface area contributed by atoms with Crippen molar-refractivity contribution in [3.63, 3.8) is 0 Å². The Bertz CT molecular complexity index is 2300. The summed E-state index contributed by atoms with van der Waals surface area (Å²) in [5, 5.41) is 3.12. The molecule has 480 valence electrons. The predicted molar refractivity (Wildman–Crippen MR) is 369 cm³/mol. The maximum absolute atomic E-state index is 12.0. The molecule has 0 saturated carbocycles. The summed E-state index contributed by atoms with van der Waals surface area (Å²) in [5.41, 5.74) is 4.87. The quantitative estimate of drug-likeness (QED) is 0.0247. The third kappa shape index (κ3) is 38.1. The molecule has 0 spiro atoms. The van der Waals surface area contributed by atoms with Crippen LogP contribution >= 0.6 is 0 Å². The van der Waals surface area contributed by atoms with Crippen LogP contribution in [0.15, 0.2) is 70.5 Å². The molecule has 9 heteroatoms. The first-order valence-electron chi connectivity index (χ1n) is 35.9. The summed E-state index contributed by atoms with van der Waals surface area (Å²) >= 11 is 0. The van der Waals surface area contributed by atoms with Crippen LogP contribution < -0.4 is 0 Å². The molecule has 0 aromatic heterocycles. The zero-order chi connectivity index (χ0) is 60.6. The Labute approximate surface area is 555 Å². The van der Waals surface area contributed by atoms with E-state index in [-0.39, 0.29) is 47.5 Å². The average molecular weight is 1240 g/mol. The summed E-state index contributed by atoms with van der Waals surface area (Å²) in [6.07, 6.45) is 67.8. The van der Waals surface area contributed by atoms with Gasteiger partial charge in [0.2, 0.25) is 0 Å². The fraction of sp³-hybridized carbons (Fsp3) is 0.737. The largest absolute Gasteiger partial charge is 2.00 e. The molecule has 0 amide bonds. The van der Waals surface area contributed by atoms with Gasteiger partial charge in [-0.2, -0.15) is 0 Å². The average Bonchev–Trinajstić information content (AvgIpc) is 1.45. The summed E-state index contributed by atoms with van der Waals surface area (Å²) in [7, 11) is -8.99. The minimum Gasteiger partial charge on any atom is -0.744 e. The Morgan fingerprint density at radius 2 is 0.447 bits per heavy atom. The molecule has 0 aliphatic heterocycles. The Morgan fingerprint density at radius 1 is 0.247 bits per heavy atom. The van der Waals surface area contributed by atoms with Gasteiger partial charge in [0, 0.05) is 0 Å². The van der Waals surface area contributed by atoms with E-state index in [0.717, 1.165) is 62.1 Å². The summed E-state index contributed by atoms with van der Waals surface area (Å²) in [5.74, 6) is 0. The van der Waals surface area contributed by atoms with E-state index in [9.17, 15) is 25.9 Å². The van der Waals surface area contributed by atoms with Gasteiger partial charge in [0.25, 0.3) is 0 Å². The molecular weight excluding hydrogens is 1110 g/mol. The Hall–Kier alpha value is -1.52. The van der Waals surface area contributed by atoms with E-state index in [1.54, 1.807) is 0 Å². The van der Waals surface area contributed by atoms with Crippen molar-refractivity contribution in [1.29, 1.82) is 0 Å². The van der Waals surface area contributed by atoms with Crippen LogP contribution in [0.5, 0.6) is 0 Å². The SMILES string of the molecule is CCCCCCCCCCCCCCc1ccc2c(S(=O)(=O)[O-])ccc(CCCCCCCCCCCCCC)c2c1.CCCCCCCCCCCCCCc1ccc2c(S(=O)(=O)[O-])ccc(CCCCCCCCCCCCCC)c2c1.[Ca+2]. The summed E-state index contributed by atoms with van der Waals surface area (Å²) in [6, 6.07) is 19.0. The van der Waals surface area contributed by atoms with E-state index in [4.69, 9.17) is 0 Å². The van der Waals surface area contributed by atoms with Crippen molar-refractivity contribution in [2.24, 2.45) is 0 Å². The number of hydrogen-bond donors (Lipinski definition) is 0. The molecule has 0 bridgehead atoms. The van der Waals surface area contributed by atoms with Crippen molar-refractivity contribution in [1.82, 2.24) is 0 Å². The second-order valence-electron chi connectivity index (χ2n) is 25.7. The van der Waals surface area contributed by atoms with Crippen LogP contribution in [-0.4, -0.2) is 63.7 Å². The van der Waals surface area contributed by atoms with Gasteiger partial charge >= 0.3 is 37.7 Å². The molecule has 0 heterocycles. The number of benzene rings is 4. The summed E-state index contributed by atoms with van der Waals surface area (Å²) < 4.78 is 71.7. The first-order chi connectivity index (χ1) is 40.9. The topological polar surface area (TPSA) is 114 Å². The van der Waals surface area contributed by atoms with Gasteiger partial charge in [-0.15, -0.1) is 0 Å². The minimum atomic E-state index is -4.50. The molecule has 0 aliphatic rings. The zero-order valence-electron chi connectivity index (χ0n) is 55.5. The van der Waals surface area contributed by atoms with Gasteiger partial charge in [-0.05, 0) is 107 Å². The molecule has 0 saturated heterocycles. The third-order valence-corrected chi connectivity index (χ3v) is 19.8. The number of rotatable bonds is 54. The molecule has 0 radical (unpaired) electrons. The van der Waals surface area contributed by atoms with Crippen LogP contribution in [0.25, 0.3) is 21.5 Å². The smallest absolute Gasteiger partial charge is 0.744 e. The second kappa shape index (κ2) is 52.1. The molecule has 4 rings (SSSR count). The summed E-state index contributed by atoms with van der Waals surface area (Å²) in [4.78, 5) is -0.152. The molecule has 85 heavy (non-hydrogen) atoms. The van der Waals surface area contributed by atoms with Crippen molar-refractivity contribution in [2.75, 3.05) is 0 Å². The normalized spacial score (nSPS) is 11.8. The zero-order valence-corrected chi connectivity index (χ0v) is 59.4. The van der Waals surface area contributed by atoms with Gasteiger partial charge < -0.3 is 9.11 Å². The van der Waals surface area contributed by atoms with E-state index in [2.05, 4.69) is 39.8 Å². The fourth-order valence-electron chi connectivity index (χ4n) is 12.7. The molecule has 0 atom stereocenters. The molecule has 4 aromatic rings. The maximum Gasteiger partial charge on any atom is 2.00 e. The molecule has 4 aromatic carbocycles. The van der Waals surface area contributed by atoms with Gasteiger partial charge in [-0.25, -0.2) is 16.8 Å². The van der Waals surface area contributed by atoms with E-state index in [1.165, 1.54) is 317 Å². The van der Waals surface area contributed by atoms with Crippen LogP contribution in [0.2, 0.25) is 0 Å². The monoisotopic (exact) mass is 1240 g/mol. The van der Waals surface area contributed by atoms with Gasteiger partial charge in [0.05, 0.1) is 9.79 Å². The number of aryl methyl sites for hydroxylation is 4. The van der Waals surface area contributed by atoms with Crippen LogP contribution in [0.3, 0.4) is 0 Å². The Kier molecular flexibility index (Phi) is 48.8. The molecule has 0 unspecified atom stereocenters. The maximum atomic E-state index is 12.0. The van der Waals surface area contributed by atoms with Gasteiger partial charge in [0.1, 0.15) is 20.2 Å². The van der Waals surface area contributed by atoms with Crippen molar-refractivity contribution in [3.05, 3.63) is 82.9 Å². The van der Waals surface area contributed by atoms with Crippen LogP contribution in [0.1, 0.15) is 358 Å². The molecule has 0 N–H and O–H groups in total. The van der Waals surface area contributed by atoms with Gasteiger partial charge in [-0.3, -0.25) is 0 Å². The number of hydrogen-bond acceptors (Lipinski definition) is 6. The van der Waals surface area contributed by atoms with Gasteiger partial charge in [-0.1, -0.05) is 359 Å². The van der Waals surface area contributed by atoms with Crippen molar-refractivity contribution in [2.45, 2.75) is 371 Å². The van der Waals surface area contributed by atoms with Crippen LogP contribution in [0.4, 0.5) is 0 Å². The summed E-state index contributed by atoms with van der Waals surface area (Å²) in [6.45, 7) is 9.09. The third-order valence-electron chi connectivity index (χ3n) is 18.0. The van der Waals surface area contributed by atoms with Crippen molar-refractivity contribution in [3.8, 4) is 0 Å². The number of fused-ring (bicyclic) bond motifs is 2. The standard InChI is InChI=1S/2C38H64O3S.Ca/c2*1-3-5-7-9-11-13-15-17-19-21-23-25-27-34-29-31-36-37(33-34)35(30-32-38(36)42(39,40)41)28-26-24-22-20-18-16-14-12-10-8-6-4-2;/h2*29-33H,3-28H2,1-2H3,(H,39,40,41);/q;;+2/p-2. The predicted octanol–water partition coefficient (Wildman–Crippen LogP) is 24.1. The van der Waals surface area contributed by atoms with Gasteiger partial charge in [0.15, 0.2) is 0 Å². The first kappa shape index (κ1) is 79.6. The minimum absolute atomic E-state index is 0.